The summed E-state index contributed by atoms with van der Waals surface area (Å²) in [4.78, 5) is 0. The smallest absolute Gasteiger partial charge is 0.249 e. The molecule has 2 saturated carbocycles. The van der Waals surface area contributed by atoms with Crippen LogP contribution in [-0.2, 0) is 4.74 Å². The van der Waals surface area contributed by atoms with Crippen LogP contribution < -0.4 is 0 Å². The van der Waals surface area contributed by atoms with Gasteiger partial charge in [0, 0.05) is 12.8 Å². The Morgan fingerprint density at radius 3 is 2.38 bits per heavy atom. The molecule has 0 unspecified atom stereocenters. The van der Waals surface area contributed by atoms with Crippen molar-refractivity contribution in [2.75, 3.05) is 7.11 Å². The molecule has 0 amide bonds. The Hall–Kier alpha value is -0.600. The van der Waals surface area contributed by atoms with Crippen LogP contribution in [0.5, 0.6) is 0 Å². The molecule has 1 nitrogen and oxygen atoms in total. The molecular weight excluding hydrogens is 174 g/mol. The minimum Gasteiger partial charge on any atom is -0.505 e. The molecule has 3 heteroatoms. The molecule has 0 saturated heterocycles. The second kappa shape index (κ2) is 2.69. The normalized spacial score (nSPS) is 30.1. The molecular formula is C10H14F2O. The number of hydrogen-bond donors (Lipinski definition) is 0. The minimum atomic E-state index is -2.37. The number of halogens is 2. The molecule has 2 fully saturated rings. The monoisotopic (exact) mass is 188 g/mol. The van der Waals surface area contributed by atoms with Crippen molar-refractivity contribution in [3.63, 3.8) is 0 Å². The average molecular weight is 188 g/mol. The van der Waals surface area contributed by atoms with Crippen molar-refractivity contribution in [2.24, 2.45) is 11.3 Å². The zero-order valence-corrected chi connectivity index (χ0v) is 7.72. The van der Waals surface area contributed by atoms with Gasteiger partial charge in [-0.05, 0) is 30.3 Å². The maximum absolute atomic E-state index is 12.6. The molecule has 0 radical (unpaired) electrons. The highest BCUT2D eigenvalue weighted by atomic mass is 19.3. The first-order valence-electron chi connectivity index (χ1n) is 4.63. The van der Waals surface area contributed by atoms with Crippen LogP contribution in [0.25, 0.3) is 0 Å². The topological polar surface area (TPSA) is 9.23 Å². The molecule has 0 N–H and O–H groups in total. The summed E-state index contributed by atoms with van der Waals surface area (Å²) in [5.41, 5.74) is -0.00769. The number of hydrogen-bond acceptors (Lipinski definition) is 1. The van der Waals surface area contributed by atoms with Crippen LogP contribution in [0.1, 0.15) is 25.7 Å². The summed E-state index contributed by atoms with van der Waals surface area (Å²) in [6, 6.07) is 0. The van der Waals surface area contributed by atoms with E-state index >= 15 is 0 Å². The number of alkyl halides is 2. The lowest BCUT2D eigenvalue weighted by Crippen LogP contribution is -2.53. The molecule has 0 aliphatic heterocycles. The largest absolute Gasteiger partial charge is 0.505 e. The fourth-order valence-electron chi connectivity index (χ4n) is 2.71. The van der Waals surface area contributed by atoms with E-state index in [2.05, 4.69) is 0 Å². The minimum absolute atomic E-state index is 0.00769. The standard InChI is InChI=1S/C10H14F2O/c1-13-3-2-8-4-9(5-8)6-10(11,12)7-9/h2-3,8H,4-7H2,1H3/b3-2+. The Morgan fingerprint density at radius 2 is 1.92 bits per heavy atom. The zero-order chi connectivity index (χ0) is 9.53. The van der Waals surface area contributed by atoms with Gasteiger partial charge in [0.1, 0.15) is 0 Å². The molecule has 2 aliphatic carbocycles. The second-order valence-electron chi connectivity index (χ2n) is 4.44. The summed E-state index contributed by atoms with van der Waals surface area (Å²) in [5.74, 6) is -1.90. The fraction of sp³-hybridized carbons (Fsp3) is 0.800. The number of rotatable bonds is 2. The van der Waals surface area contributed by atoms with Crippen LogP contribution in [0, 0.1) is 11.3 Å². The third-order valence-corrected chi connectivity index (χ3v) is 3.14. The lowest BCUT2D eigenvalue weighted by Gasteiger charge is -2.56. The first-order chi connectivity index (χ1) is 6.05. The van der Waals surface area contributed by atoms with Crippen molar-refractivity contribution in [3.8, 4) is 0 Å². The molecule has 0 atom stereocenters. The van der Waals surface area contributed by atoms with Crippen molar-refractivity contribution >= 4 is 0 Å². The molecule has 1 spiro atoms. The van der Waals surface area contributed by atoms with E-state index in [0.717, 1.165) is 12.8 Å². The van der Waals surface area contributed by atoms with E-state index in [1.54, 1.807) is 13.4 Å². The predicted molar refractivity (Wildman–Crippen MR) is 45.5 cm³/mol. The molecule has 2 rings (SSSR count). The lowest BCUT2D eigenvalue weighted by atomic mass is 9.50. The van der Waals surface area contributed by atoms with Gasteiger partial charge < -0.3 is 4.74 Å². The van der Waals surface area contributed by atoms with Crippen LogP contribution in [0.3, 0.4) is 0 Å². The van der Waals surface area contributed by atoms with Crippen molar-refractivity contribution in [3.05, 3.63) is 12.3 Å². The Bertz CT molecular complexity index is 219. The number of methoxy groups -OCH3 is 1. The number of allylic oxidation sites excluding steroid dienone is 1. The Morgan fingerprint density at radius 1 is 1.31 bits per heavy atom. The molecule has 2 aliphatic rings. The summed E-state index contributed by atoms with van der Waals surface area (Å²) in [6.07, 6.45) is 5.68. The van der Waals surface area contributed by atoms with Gasteiger partial charge in [0.05, 0.1) is 13.4 Å². The van der Waals surface area contributed by atoms with Gasteiger partial charge in [0.2, 0.25) is 5.92 Å². The fourth-order valence-corrected chi connectivity index (χ4v) is 2.71. The van der Waals surface area contributed by atoms with E-state index in [9.17, 15) is 8.78 Å². The predicted octanol–water partition coefficient (Wildman–Crippen LogP) is 2.97. The average Bonchev–Trinajstić information content (AvgIpc) is 1.91. The van der Waals surface area contributed by atoms with Gasteiger partial charge in [-0.2, -0.15) is 0 Å². The summed E-state index contributed by atoms with van der Waals surface area (Å²) < 4.78 is 30.0. The summed E-state index contributed by atoms with van der Waals surface area (Å²) in [6.45, 7) is 0. The van der Waals surface area contributed by atoms with Crippen molar-refractivity contribution in [1.29, 1.82) is 0 Å². The van der Waals surface area contributed by atoms with Crippen LogP contribution >= 0.6 is 0 Å². The molecule has 0 aromatic rings. The van der Waals surface area contributed by atoms with Crippen LogP contribution in [0.4, 0.5) is 8.78 Å². The van der Waals surface area contributed by atoms with Gasteiger partial charge in [-0.15, -0.1) is 0 Å². The van der Waals surface area contributed by atoms with Crippen LogP contribution in [0.2, 0.25) is 0 Å². The molecule has 13 heavy (non-hydrogen) atoms. The molecule has 74 valence electrons. The third kappa shape index (κ3) is 1.56. The van der Waals surface area contributed by atoms with Crippen LogP contribution in [0.15, 0.2) is 12.3 Å². The summed E-state index contributed by atoms with van der Waals surface area (Å²) >= 11 is 0. The van der Waals surface area contributed by atoms with E-state index in [4.69, 9.17) is 4.74 Å². The molecule has 0 aromatic carbocycles. The molecule has 0 bridgehead atoms. The van der Waals surface area contributed by atoms with E-state index in [1.165, 1.54) is 0 Å². The zero-order valence-electron chi connectivity index (χ0n) is 7.72. The van der Waals surface area contributed by atoms with E-state index in [-0.39, 0.29) is 18.3 Å². The highest BCUT2D eigenvalue weighted by Crippen LogP contribution is 2.64. The van der Waals surface area contributed by atoms with Crippen molar-refractivity contribution in [1.82, 2.24) is 0 Å². The Balaban J connectivity index is 1.77. The Kier molecular flexibility index (Phi) is 1.86. The highest BCUT2D eigenvalue weighted by Gasteiger charge is 2.61. The Labute approximate surface area is 76.8 Å². The van der Waals surface area contributed by atoms with Crippen LogP contribution in [-0.4, -0.2) is 13.0 Å². The lowest BCUT2D eigenvalue weighted by molar-refractivity contribution is -0.200. The van der Waals surface area contributed by atoms with Gasteiger partial charge in [-0.3, -0.25) is 0 Å². The van der Waals surface area contributed by atoms with Gasteiger partial charge in [-0.25, -0.2) is 8.78 Å². The quantitative estimate of drug-likeness (QED) is 0.605. The summed E-state index contributed by atoms with van der Waals surface area (Å²) in [7, 11) is 1.60. The van der Waals surface area contributed by atoms with Gasteiger partial charge in [0.15, 0.2) is 0 Å². The van der Waals surface area contributed by atoms with Gasteiger partial charge >= 0.3 is 0 Å². The highest BCUT2D eigenvalue weighted by molar-refractivity contribution is 5.10. The maximum atomic E-state index is 12.6. The second-order valence-corrected chi connectivity index (χ2v) is 4.44. The number of ether oxygens (including phenoxy) is 1. The molecule has 0 aromatic heterocycles. The van der Waals surface area contributed by atoms with Gasteiger partial charge in [-0.1, -0.05) is 0 Å². The van der Waals surface area contributed by atoms with E-state index < -0.39 is 5.92 Å². The van der Waals surface area contributed by atoms with Crippen molar-refractivity contribution in [2.45, 2.75) is 31.6 Å². The molecule has 0 heterocycles. The summed E-state index contributed by atoms with van der Waals surface area (Å²) in [5, 5.41) is 0. The van der Waals surface area contributed by atoms with Gasteiger partial charge in [0.25, 0.3) is 0 Å². The SMILES string of the molecule is CO/C=C/C1CC2(C1)CC(F)(F)C2. The van der Waals surface area contributed by atoms with Crippen molar-refractivity contribution < 1.29 is 13.5 Å². The first-order valence-corrected chi connectivity index (χ1v) is 4.63. The van der Waals surface area contributed by atoms with E-state index in [0.29, 0.717) is 5.92 Å². The third-order valence-electron chi connectivity index (χ3n) is 3.14. The van der Waals surface area contributed by atoms with E-state index in [1.807, 2.05) is 6.08 Å². The maximum Gasteiger partial charge on any atom is 0.249 e. The first kappa shape index (κ1) is 8.97.